The lowest BCUT2D eigenvalue weighted by molar-refractivity contribution is 0.917. The molecule has 2 N–H and O–H groups in total. The van der Waals surface area contributed by atoms with E-state index in [1.807, 2.05) is 0 Å². The molecule has 1 aromatic heterocycles. The molecule has 0 saturated heterocycles. The molecular weight excluding hydrogens is 172 g/mol. The normalized spacial score (nSPS) is 11.1. The van der Waals surface area contributed by atoms with Crippen LogP contribution in [0.5, 0.6) is 0 Å². The first kappa shape index (κ1) is 9.28. The Kier molecular flexibility index (Phi) is 2.30. The van der Waals surface area contributed by atoms with E-state index in [0.29, 0.717) is 6.54 Å². The van der Waals surface area contributed by atoms with Gasteiger partial charge in [-0.2, -0.15) is 0 Å². The standard InChI is InChI=1S/C12H16N2/c1-9-8-11-10(6-7-13)4-3-5-12(11)14(9)2/h3-5,8H,6-7,13H2,1-2H3. The molecule has 0 aliphatic carbocycles. The predicted octanol–water partition coefficient (Wildman–Crippen LogP) is 1.99. The second kappa shape index (κ2) is 3.46. The third kappa shape index (κ3) is 1.32. The summed E-state index contributed by atoms with van der Waals surface area (Å²) in [6.45, 7) is 2.85. The first-order valence-electron chi connectivity index (χ1n) is 4.98. The van der Waals surface area contributed by atoms with Crippen molar-refractivity contribution in [1.29, 1.82) is 0 Å². The minimum atomic E-state index is 0.715. The van der Waals surface area contributed by atoms with Crippen molar-refractivity contribution < 1.29 is 0 Å². The Balaban J connectivity index is 2.68. The lowest BCUT2D eigenvalue weighted by atomic mass is 10.1. The van der Waals surface area contributed by atoms with Gasteiger partial charge in [0.05, 0.1) is 0 Å². The lowest BCUT2D eigenvalue weighted by Crippen LogP contribution is -2.02. The number of aromatic nitrogens is 1. The number of benzene rings is 1. The van der Waals surface area contributed by atoms with Crippen LogP contribution in [0, 0.1) is 6.92 Å². The number of rotatable bonds is 2. The Morgan fingerprint density at radius 1 is 1.36 bits per heavy atom. The van der Waals surface area contributed by atoms with E-state index in [2.05, 4.69) is 42.8 Å². The Bertz CT molecular complexity index is 455. The molecule has 2 nitrogen and oxygen atoms in total. The molecule has 14 heavy (non-hydrogen) atoms. The van der Waals surface area contributed by atoms with Crippen molar-refractivity contribution in [2.75, 3.05) is 6.54 Å². The van der Waals surface area contributed by atoms with Gasteiger partial charge in [0.1, 0.15) is 0 Å². The first-order valence-corrected chi connectivity index (χ1v) is 4.98. The van der Waals surface area contributed by atoms with E-state index in [0.717, 1.165) is 6.42 Å². The predicted molar refractivity (Wildman–Crippen MR) is 60.4 cm³/mol. The van der Waals surface area contributed by atoms with E-state index in [1.165, 1.54) is 22.2 Å². The van der Waals surface area contributed by atoms with Gasteiger partial charge in [-0.1, -0.05) is 12.1 Å². The van der Waals surface area contributed by atoms with E-state index in [1.54, 1.807) is 0 Å². The fourth-order valence-corrected chi connectivity index (χ4v) is 1.93. The van der Waals surface area contributed by atoms with Gasteiger partial charge in [-0.15, -0.1) is 0 Å². The van der Waals surface area contributed by atoms with Crippen molar-refractivity contribution in [1.82, 2.24) is 4.57 Å². The van der Waals surface area contributed by atoms with Crippen LogP contribution in [0.25, 0.3) is 10.9 Å². The van der Waals surface area contributed by atoms with Gasteiger partial charge in [0, 0.05) is 23.6 Å². The minimum absolute atomic E-state index is 0.715. The summed E-state index contributed by atoms with van der Waals surface area (Å²) >= 11 is 0. The van der Waals surface area contributed by atoms with Gasteiger partial charge >= 0.3 is 0 Å². The molecule has 74 valence electrons. The van der Waals surface area contributed by atoms with Gasteiger partial charge in [0.25, 0.3) is 0 Å². The molecule has 0 spiro atoms. The van der Waals surface area contributed by atoms with E-state index in [-0.39, 0.29) is 0 Å². The summed E-state index contributed by atoms with van der Waals surface area (Å²) in [6, 6.07) is 8.66. The highest BCUT2D eigenvalue weighted by atomic mass is 14.9. The van der Waals surface area contributed by atoms with Crippen molar-refractivity contribution in [3.8, 4) is 0 Å². The van der Waals surface area contributed by atoms with Crippen LogP contribution in [0.15, 0.2) is 24.3 Å². The highest BCUT2D eigenvalue weighted by Gasteiger charge is 2.05. The van der Waals surface area contributed by atoms with Crippen LogP contribution >= 0.6 is 0 Å². The van der Waals surface area contributed by atoms with Gasteiger partial charge < -0.3 is 10.3 Å². The van der Waals surface area contributed by atoms with Crippen molar-refractivity contribution in [3.05, 3.63) is 35.5 Å². The van der Waals surface area contributed by atoms with Gasteiger partial charge in [0.2, 0.25) is 0 Å². The average molecular weight is 188 g/mol. The molecule has 2 heteroatoms. The molecule has 1 heterocycles. The smallest absolute Gasteiger partial charge is 0.0482 e. The fraction of sp³-hybridized carbons (Fsp3) is 0.333. The van der Waals surface area contributed by atoms with Crippen LogP contribution in [0.4, 0.5) is 0 Å². The van der Waals surface area contributed by atoms with Crippen LogP contribution in [0.3, 0.4) is 0 Å². The second-order valence-corrected chi connectivity index (χ2v) is 3.73. The van der Waals surface area contributed by atoms with Crippen molar-refractivity contribution in [2.45, 2.75) is 13.3 Å². The van der Waals surface area contributed by atoms with E-state index >= 15 is 0 Å². The van der Waals surface area contributed by atoms with E-state index in [4.69, 9.17) is 5.73 Å². The average Bonchev–Trinajstić information content (AvgIpc) is 2.46. The third-order valence-corrected chi connectivity index (χ3v) is 2.83. The summed E-state index contributed by atoms with van der Waals surface area (Å²) in [4.78, 5) is 0. The highest BCUT2D eigenvalue weighted by Crippen LogP contribution is 2.22. The van der Waals surface area contributed by atoms with Crippen molar-refractivity contribution in [2.24, 2.45) is 12.8 Å². The number of fused-ring (bicyclic) bond motifs is 1. The molecular formula is C12H16N2. The maximum absolute atomic E-state index is 5.59. The van der Waals surface area contributed by atoms with Gasteiger partial charge in [-0.05, 0) is 37.6 Å². The van der Waals surface area contributed by atoms with E-state index in [9.17, 15) is 0 Å². The number of hydrogen-bond donors (Lipinski definition) is 1. The maximum Gasteiger partial charge on any atom is 0.0482 e. The summed E-state index contributed by atoms with van der Waals surface area (Å²) in [5.41, 5.74) is 9.54. The molecule has 2 rings (SSSR count). The number of hydrogen-bond acceptors (Lipinski definition) is 1. The summed E-state index contributed by atoms with van der Waals surface area (Å²) in [6.07, 6.45) is 0.959. The molecule has 0 saturated carbocycles. The SMILES string of the molecule is Cc1cc2c(CCN)cccc2n1C. The van der Waals surface area contributed by atoms with Crippen LogP contribution < -0.4 is 5.73 Å². The quantitative estimate of drug-likeness (QED) is 0.767. The van der Waals surface area contributed by atoms with Gasteiger partial charge in [0.15, 0.2) is 0 Å². The van der Waals surface area contributed by atoms with Gasteiger partial charge in [-0.3, -0.25) is 0 Å². The first-order chi connectivity index (χ1) is 6.74. The Morgan fingerprint density at radius 2 is 2.14 bits per heavy atom. The monoisotopic (exact) mass is 188 g/mol. The fourth-order valence-electron chi connectivity index (χ4n) is 1.93. The zero-order chi connectivity index (χ0) is 10.1. The number of nitrogens with two attached hydrogens (primary N) is 1. The molecule has 0 atom stereocenters. The largest absolute Gasteiger partial charge is 0.348 e. The molecule has 0 fully saturated rings. The summed E-state index contributed by atoms with van der Waals surface area (Å²) in [7, 11) is 2.10. The summed E-state index contributed by atoms with van der Waals surface area (Å²) in [5.74, 6) is 0. The van der Waals surface area contributed by atoms with E-state index < -0.39 is 0 Å². The second-order valence-electron chi connectivity index (χ2n) is 3.73. The molecule has 0 aliphatic heterocycles. The van der Waals surface area contributed by atoms with Crippen molar-refractivity contribution >= 4 is 10.9 Å². The maximum atomic E-state index is 5.59. The zero-order valence-electron chi connectivity index (χ0n) is 8.75. The molecule has 0 radical (unpaired) electrons. The third-order valence-electron chi connectivity index (χ3n) is 2.83. The molecule has 0 bridgehead atoms. The molecule has 2 aromatic rings. The molecule has 1 aromatic carbocycles. The molecule has 0 unspecified atom stereocenters. The summed E-state index contributed by atoms with van der Waals surface area (Å²) in [5, 5.41) is 1.35. The molecule has 0 aliphatic rings. The van der Waals surface area contributed by atoms with Crippen LogP contribution in [-0.4, -0.2) is 11.1 Å². The Hall–Kier alpha value is -1.28. The summed E-state index contributed by atoms with van der Waals surface area (Å²) < 4.78 is 2.22. The minimum Gasteiger partial charge on any atom is -0.348 e. The number of aryl methyl sites for hydroxylation is 2. The highest BCUT2D eigenvalue weighted by molar-refractivity contribution is 5.84. The van der Waals surface area contributed by atoms with Gasteiger partial charge in [-0.25, -0.2) is 0 Å². The topological polar surface area (TPSA) is 30.9 Å². The molecule has 0 amide bonds. The lowest BCUT2D eigenvalue weighted by Gasteiger charge is -2.02. The Labute approximate surface area is 84.3 Å². The van der Waals surface area contributed by atoms with Crippen LogP contribution in [-0.2, 0) is 13.5 Å². The van der Waals surface area contributed by atoms with Crippen LogP contribution in [0.1, 0.15) is 11.3 Å². The zero-order valence-corrected chi connectivity index (χ0v) is 8.75. The van der Waals surface area contributed by atoms with Crippen molar-refractivity contribution in [3.63, 3.8) is 0 Å². The number of nitrogens with zero attached hydrogens (tertiary/aromatic N) is 1. The Morgan fingerprint density at radius 3 is 2.86 bits per heavy atom. The van der Waals surface area contributed by atoms with Crippen LogP contribution in [0.2, 0.25) is 0 Å².